The fraction of sp³-hybridized carbons (Fsp3) is 0.333. The molecule has 0 saturated carbocycles. The average Bonchev–Trinajstić information content (AvgIpc) is 2.95. The van der Waals surface area contributed by atoms with Crippen LogP contribution in [0.5, 0.6) is 0 Å². The van der Waals surface area contributed by atoms with Crippen molar-refractivity contribution in [2.75, 3.05) is 18.0 Å². The summed E-state index contributed by atoms with van der Waals surface area (Å²) >= 11 is 6.23. The van der Waals surface area contributed by atoms with E-state index in [0.717, 1.165) is 30.0 Å². The molecule has 0 radical (unpaired) electrons. The van der Waals surface area contributed by atoms with E-state index in [1.165, 1.54) is 31.3 Å². The number of hydrogen-bond acceptors (Lipinski definition) is 3. The number of benzene rings is 1. The van der Waals surface area contributed by atoms with Crippen molar-refractivity contribution in [2.45, 2.75) is 19.3 Å². The first kappa shape index (κ1) is 13.3. The Kier molecular flexibility index (Phi) is 3.83. The summed E-state index contributed by atoms with van der Waals surface area (Å²) in [6.07, 6.45) is 4.37. The van der Waals surface area contributed by atoms with Crippen LogP contribution in [-0.4, -0.2) is 23.1 Å². The maximum atomic E-state index is 13.3. The molecule has 104 valence electrons. The molecular weight excluding hydrogens is 277 g/mol. The maximum absolute atomic E-state index is 13.3. The monoisotopic (exact) mass is 291 g/mol. The Morgan fingerprint density at radius 3 is 2.75 bits per heavy atom. The molecule has 0 atom stereocenters. The Hall–Kier alpha value is -1.68. The summed E-state index contributed by atoms with van der Waals surface area (Å²) in [5.74, 6) is 0.643. The molecule has 1 aliphatic rings. The zero-order chi connectivity index (χ0) is 13.9. The number of aromatic nitrogens is 2. The Balaban J connectivity index is 1.95. The molecular formula is C15H15ClFN3. The Labute approximate surface area is 122 Å². The van der Waals surface area contributed by atoms with E-state index >= 15 is 0 Å². The summed E-state index contributed by atoms with van der Waals surface area (Å²) < 4.78 is 13.3. The highest BCUT2D eigenvalue weighted by molar-refractivity contribution is 6.30. The second-order valence-electron chi connectivity index (χ2n) is 4.97. The second kappa shape index (κ2) is 5.75. The molecule has 1 fully saturated rings. The minimum Gasteiger partial charge on any atom is -0.356 e. The highest BCUT2D eigenvalue weighted by Crippen LogP contribution is 2.28. The SMILES string of the molecule is Fc1cccc(Cc2c(Cl)ncnc2N2CCCC2)c1. The molecule has 0 N–H and O–H groups in total. The van der Waals surface area contributed by atoms with Gasteiger partial charge in [-0.1, -0.05) is 23.7 Å². The molecule has 0 spiro atoms. The van der Waals surface area contributed by atoms with E-state index in [2.05, 4.69) is 14.9 Å². The van der Waals surface area contributed by atoms with E-state index < -0.39 is 0 Å². The molecule has 0 unspecified atom stereocenters. The van der Waals surface area contributed by atoms with Crippen LogP contribution in [0.4, 0.5) is 10.2 Å². The Bertz CT molecular complexity index is 612. The normalized spacial score (nSPS) is 14.8. The van der Waals surface area contributed by atoms with Crippen LogP contribution in [-0.2, 0) is 6.42 Å². The van der Waals surface area contributed by atoms with Gasteiger partial charge in [0.15, 0.2) is 0 Å². The van der Waals surface area contributed by atoms with E-state index in [1.54, 1.807) is 6.07 Å². The molecule has 20 heavy (non-hydrogen) atoms. The third kappa shape index (κ3) is 2.75. The van der Waals surface area contributed by atoms with E-state index in [1.807, 2.05) is 6.07 Å². The van der Waals surface area contributed by atoms with Crippen LogP contribution in [0.1, 0.15) is 24.0 Å². The largest absolute Gasteiger partial charge is 0.356 e. The molecule has 0 amide bonds. The molecule has 2 heterocycles. The molecule has 5 heteroatoms. The molecule has 0 aliphatic carbocycles. The first-order chi connectivity index (χ1) is 9.74. The number of nitrogens with zero attached hydrogens (tertiary/aromatic N) is 3. The molecule has 1 saturated heterocycles. The van der Waals surface area contributed by atoms with Crippen LogP contribution < -0.4 is 4.90 Å². The average molecular weight is 292 g/mol. The van der Waals surface area contributed by atoms with Crippen LogP contribution in [0.2, 0.25) is 5.15 Å². The highest BCUT2D eigenvalue weighted by Gasteiger charge is 2.19. The lowest BCUT2D eigenvalue weighted by Crippen LogP contribution is -2.21. The van der Waals surface area contributed by atoms with Gasteiger partial charge in [0, 0.05) is 25.1 Å². The number of hydrogen-bond donors (Lipinski definition) is 0. The summed E-state index contributed by atoms with van der Waals surface area (Å²) in [7, 11) is 0. The minimum atomic E-state index is -0.238. The van der Waals surface area contributed by atoms with Gasteiger partial charge in [-0.25, -0.2) is 14.4 Å². The van der Waals surface area contributed by atoms with Crippen molar-refractivity contribution < 1.29 is 4.39 Å². The Morgan fingerprint density at radius 1 is 1.20 bits per heavy atom. The number of halogens is 2. The van der Waals surface area contributed by atoms with Crippen molar-refractivity contribution in [3.8, 4) is 0 Å². The standard InChI is InChI=1S/C15H15ClFN3/c16-14-13(9-11-4-3-5-12(17)8-11)15(19-10-18-14)20-6-1-2-7-20/h3-5,8,10H,1-2,6-7,9H2. The quantitative estimate of drug-likeness (QED) is 0.811. The second-order valence-corrected chi connectivity index (χ2v) is 5.33. The van der Waals surface area contributed by atoms with Crippen LogP contribution in [0.25, 0.3) is 0 Å². The smallest absolute Gasteiger partial charge is 0.138 e. The first-order valence-corrected chi connectivity index (χ1v) is 7.10. The fourth-order valence-corrected chi connectivity index (χ4v) is 2.78. The van der Waals surface area contributed by atoms with Crippen molar-refractivity contribution in [1.82, 2.24) is 9.97 Å². The predicted octanol–water partition coefficient (Wildman–Crippen LogP) is 3.46. The number of rotatable bonds is 3. The fourth-order valence-electron chi connectivity index (χ4n) is 2.59. The topological polar surface area (TPSA) is 29.0 Å². The lowest BCUT2D eigenvalue weighted by atomic mass is 10.1. The summed E-state index contributed by atoms with van der Waals surface area (Å²) in [6.45, 7) is 1.98. The van der Waals surface area contributed by atoms with E-state index in [4.69, 9.17) is 11.6 Å². The van der Waals surface area contributed by atoms with Gasteiger partial charge < -0.3 is 4.90 Å². The third-order valence-corrected chi connectivity index (χ3v) is 3.87. The van der Waals surface area contributed by atoms with Gasteiger partial charge in [-0.2, -0.15) is 0 Å². The van der Waals surface area contributed by atoms with Crippen LogP contribution in [0.15, 0.2) is 30.6 Å². The van der Waals surface area contributed by atoms with Crippen LogP contribution >= 0.6 is 11.6 Å². The summed E-state index contributed by atoms with van der Waals surface area (Å²) in [6, 6.07) is 6.56. The van der Waals surface area contributed by atoms with Gasteiger partial charge in [0.2, 0.25) is 0 Å². The maximum Gasteiger partial charge on any atom is 0.138 e. The highest BCUT2D eigenvalue weighted by atomic mass is 35.5. The van der Waals surface area contributed by atoms with Gasteiger partial charge >= 0.3 is 0 Å². The number of anilines is 1. The molecule has 1 aliphatic heterocycles. The summed E-state index contributed by atoms with van der Waals surface area (Å²) in [5, 5.41) is 0.450. The van der Waals surface area contributed by atoms with E-state index in [0.29, 0.717) is 11.6 Å². The zero-order valence-electron chi connectivity index (χ0n) is 11.0. The van der Waals surface area contributed by atoms with Crippen molar-refractivity contribution in [3.63, 3.8) is 0 Å². The molecule has 1 aromatic heterocycles. The molecule has 1 aromatic carbocycles. The predicted molar refractivity (Wildman–Crippen MR) is 77.7 cm³/mol. The lowest BCUT2D eigenvalue weighted by Gasteiger charge is -2.20. The van der Waals surface area contributed by atoms with Gasteiger partial charge in [0.05, 0.1) is 0 Å². The van der Waals surface area contributed by atoms with Crippen molar-refractivity contribution >= 4 is 17.4 Å². The third-order valence-electron chi connectivity index (χ3n) is 3.55. The Morgan fingerprint density at radius 2 is 2.00 bits per heavy atom. The van der Waals surface area contributed by atoms with Gasteiger partial charge in [-0.05, 0) is 30.5 Å². The van der Waals surface area contributed by atoms with E-state index in [-0.39, 0.29) is 5.82 Å². The summed E-state index contributed by atoms with van der Waals surface area (Å²) in [4.78, 5) is 10.7. The van der Waals surface area contributed by atoms with Crippen LogP contribution in [0.3, 0.4) is 0 Å². The zero-order valence-corrected chi connectivity index (χ0v) is 11.8. The van der Waals surface area contributed by atoms with Crippen LogP contribution in [0, 0.1) is 5.82 Å². The molecule has 3 rings (SSSR count). The minimum absolute atomic E-state index is 0.238. The van der Waals surface area contributed by atoms with Gasteiger partial charge in [0.1, 0.15) is 23.1 Å². The van der Waals surface area contributed by atoms with Crippen molar-refractivity contribution in [1.29, 1.82) is 0 Å². The molecule has 3 nitrogen and oxygen atoms in total. The first-order valence-electron chi connectivity index (χ1n) is 6.73. The molecule has 0 bridgehead atoms. The van der Waals surface area contributed by atoms with Gasteiger partial charge in [0.25, 0.3) is 0 Å². The summed E-state index contributed by atoms with van der Waals surface area (Å²) in [5.41, 5.74) is 1.75. The van der Waals surface area contributed by atoms with Crippen molar-refractivity contribution in [3.05, 3.63) is 52.7 Å². The lowest BCUT2D eigenvalue weighted by molar-refractivity contribution is 0.626. The molecule has 2 aromatic rings. The van der Waals surface area contributed by atoms with Crippen molar-refractivity contribution in [2.24, 2.45) is 0 Å². The van der Waals surface area contributed by atoms with Gasteiger partial charge in [-0.15, -0.1) is 0 Å². The van der Waals surface area contributed by atoms with E-state index in [9.17, 15) is 4.39 Å². The van der Waals surface area contributed by atoms with Gasteiger partial charge in [-0.3, -0.25) is 0 Å².